The third-order valence-electron chi connectivity index (χ3n) is 3.38. The van der Waals surface area contributed by atoms with Gasteiger partial charge in [0.25, 0.3) is 10.0 Å². The zero-order chi connectivity index (χ0) is 15.6. The highest BCUT2D eigenvalue weighted by molar-refractivity contribution is 7.89. The number of hydrogen-bond donors (Lipinski definition) is 2. The first-order valence-electron chi connectivity index (χ1n) is 6.74. The van der Waals surface area contributed by atoms with Crippen LogP contribution in [-0.2, 0) is 10.0 Å². The highest BCUT2D eigenvalue weighted by Gasteiger charge is 2.14. The van der Waals surface area contributed by atoms with Crippen LogP contribution >= 0.6 is 0 Å². The molecule has 0 radical (unpaired) electrons. The van der Waals surface area contributed by atoms with Gasteiger partial charge in [0, 0.05) is 22.7 Å². The predicted octanol–water partition coefficient (Wildman–Crippen LogP) is 2.79. The summed E-state index contributed by atoms with van der Waals surface area (Å²) >= 11 is 0. The van der Waals surface area contributed by atoms with Gasteiger partial charge in [0.05, 0.1) is 11.1 Å². The van der Waals surface area contributed by atoms with Gasteiger partial charge in [0.2, 0.25) is 0 Å². The Labute approximate surface area is 128 Å². The molecule has 1 heterocycles. The van der Waals surface area contributed by atoms with Crippen LogP contribution in [0.1, 0.15) is 11.1 Å². The Morgan fingerprint density at radius 3 is 2.64 bits per heavy atom. The topological polar surface area (TPSA) is 74.3 Å². The standard InChI is InChI=1S/C16H15N3O2S/c1-12-6-2-5-9-16(12)22(20,21)19-18-11-13-10-17-15-8-4-3-7-14(13)15/h2-11,17,19H,1H3/b18-11+. The number of benzene rings is 2. The molecule has 0 unspecified atom stereocenters. The third-order valence-corrected chi connectivity index (χ3v) is 4.76. The molecule has 3 rings (SSSR count). The number of aromatic nitrogens is 1. The normalized spacial score (nSPS) is 12.0. The molecule has 0 aliphatic rings. The van der Waals surface area contributed by atoms with Crippen molar-refractivity contribution in [1.29, 1.82) is 0 Å². The average Bonchev–Trinajstić information content (AvgIpc) is 2.91. The molecule has 0 amide bonds. The molecule has 22 heavy (non-hydrogen) atoms. The van der Waals surface area contributed by atoms with E-state index in [-0.39, 0.29) is 4.90 Å². The van der Waals surface area contributed by atoms with Crippen LogP contribution in [0.5, 0.6) is 0 Å². The van der Waals surface area contributed by atoms with Crippen LogP contribution in [0.25, 0.3) is 10.9 Å². The first-order valence-corrected chi connectivity index (χ1v) is 8.23. The second kappa shape index (κ2) is 5.65. The van der Waals surface area contributed by atoms with Crippen molar-refractivity contribution < 1.29 is 8.42 Å². The van der Waals surface area contributed by atoms with Crippen molar-refractivity contribution in [3.8, 4) is 0 Å². The Hall–Kier alpha value is -2.60. The lowest BCUT2D eigenvalue weighted by Crippen LogP contribution is -2.19. The summed E-state index contributed by atoms with van der Waals surface area (Å²) in [5, 5.41) is 4.86. The summed E-state index contributed by atoms with van der Waals surface area (Å²) in [5.41, 5.74) is 2.48. The van der Waals surface area contributed by atoms with Crippen LogP contribution in [0.4, 0.5) is 0 Å². The molecule has 0 bridgehead atoms. The maximum atomic E-state index is 12.2. The number of hydrazone groups is 1. The number of nitrogens with zero attached hydrogens (tertiary/aromatic N) is 1. The van der Waals surface area contributed by atoms with Gasteiger partial charge >= 0.3 is 0 Å². The summed E-state index contributed by atoms with van der Waals surface area (Å²) in [6.07, 6.45) is 3.28. The van der Waals surface area contributed by atoms with E-state index in [0.717, 1.165) is 16.5 Å². The number of fused-ring (bicyclic) bond motifs is 1. The molecule has 0 spiro atoms. The maximum Gasteiger partial charge on any atom is 0.276 e. The summed E-state index contributed by atoms with van der Waals surface area (Å²) in [6, 6.07) is 14.5. The predicted molar refractivity (Wildman–Crippen MR) is 87.4 cm³/mol. The Morgan fingerprint density at radius 2 is 1.82 bits per heavy atom. The zero-order valence-electron chi connectivity index (χ0n) is 11.9. The summed E-state index contributed by atoms with van der Waals surface area (Å²) < 4.78 is 24.4. The molecule has 0 fully saturated rings. The molecule has 5 nitrogen and oxygen atoms in total. The number of rotatable bonds is 4. The van der Waals surface area contributed by atoms with E-state index in [1.165, 1.54) is 6.21 Å². The summed E-state index contributed by atoms with van der Waals surface area (Å²) in [4.78, 5) is 5.58. The second-order valence-electron chi connectivity index (χ2n) is 4.91. The van der Waals surface area contributed by atoms with Gasteiger partial charge in [-0.3, -0.25) is 0 Å². The van der Waals surface area contributed by atoms with Crippen LogP contribution in [0, 0.1) is 6.92 Å². The minimum Gasteiger partial charge on any atom is -0.361 e. The van der Waals surface area contributed by atoms with E-state index < -0.39 is 10.0 Å². The fourth-order valence-electron chi connectivity index (χ4n) is 2.27. The van der Waals surface area contributed by atoms with Crippen molar-refractivity contribution in [2.45, 2.75) is 11.8 Å². The number of aromatic amines is 1. The molecule has 1 aromatic heterocycles. The van der Waals surface area contributed by atoms with Gasteiger partial charge in [0.15, 0.2) is 0 Å². The minimum atomic E-state index is -3.66. The molecule has 3 aromatic rings. The zero-order valence-corrected chi connectivity index (χ0v) is 12.8. The Kier molecular flexibility index (Phi) is 3.68. The number of H-pyrrole nitrogens is 1. The maximum absolute atomic E-state index is 12.2. The van der Waals surface area contributed by atoms with Gasteiger partial charge < -0.3 is 4.98 Å². The van der Waals surface area contributed by atoms with Crippen molar-refractivity contribution in [2.75, 3.05) is 0 Å². The minimum absolute atomic E-state index is 0.228. The van der Waals surface area contributed by atoms with E-state index in [1.54, 1.807) is 37.4 Å². The van der Waals surface area contributed by atoms with Crippen molar-refractivity contribution in [1.82, 2.24) is 9.82 Å². The lowest BCUT2D eigenvalue weighted by molar-refractivity contribution is 0.584. The van der Waals surface area contributed by atoms with Gasteiger partial charge in [-0.15, -0.1) is 0 Å². The van der Waals surface area contributed by atoms with Crippen LogP contribution in [-0.4, -0.2) is 19.6 Å². The molecule has 112 valence electrons. The fraction of sp³-hybridized carbons (Fsp3) is 0.0625. The van der Waals surface area contributed by atoms with Gasteiger partial charge in [-0.2, -0.15) is 13.5 Å². The fourth-order valence-corrected chi connectivity index (χ4v) is 3.31. The van der Waals surface area contributed by atoms with Crippen LogP contribution in [0.3, 0.4) is 0 Å². The number of aryl methyl sites for hydroxylation is 1. The second-order valence-corrected chi connectivity index (χ2v) is 6.54. The number of hydrogen-bond acceptors (Lipinski definition) is 3. The van der Waals surface area contributed by atoms with Gasteiger partial charge in [-0.25, -0.2) is 4.83 Å². The first kappa shape index (κ1) is 14.3. The van der Waals surface area contributed by atoms with Crippen LogP contribution < -0.4 is 4.83 Å². The molecule has 0 aliphatic heterocycles. The van der Waals surface area contributed by atoms with Crippen molar-refractivity contribution in [3.63, 3.8) is 0 Å². The van der Waals surface area contributed by atoms with Gasteiger partial charge in [0.1, 0.15) is 0 Å². The molecule has 0 aliphatic carbocycles. The number of para-hydroxylation sites is 1. The summed E-state index contributed by atoms with van der Waals surface area (Å²) in [5.74, 6) is 0. The van der Waals surface area contributed by atoms with Gasteiger partial charge in [-0.1, -0.05) is 36.4 Å². The number of nitrogens with one attached hydrogen (secondary N) is 2. The number of sulfonamides is 1. The van der Waals surface area contributed by atoms with E-state index >= 15 is 0 Å². The van der Waals surface area contributed by atoms with E-state index in [0.29, 0.717) is 5.56 Å². The molecule has 0 saturated heterocycles. The van der Waals surface area contributed by atoms with E-state index in [1.807, 2.05) is 24.3 Å². The average molecular weight is 313 g/mol. The quantitative estimate of drug-likeness (QED) is 0.574. The summed E-state index contributed by atoms with van der Waals surface area (Å²) in [7, 11) is -3.66. The third kappa shape index (κ3) is 2.73. The van der Waals surface area contributed by atoms with Crippen LogP contribution in [0.15, 0.2) is 64.7 Å². The van der Waals surface area contributed by atoms with Crippen molar-refractivity contribution in [3.05, 3.63) is 65.9 Å². The molecular formula is C16H15N3O2S. The smallest absolute Gasteiger partial charge is 0.276 e. The molecule has 0 atom stereocenters. The Bertz CT molecular complexity index is 943. The monoisotopic (exact) mass is 313 g/mol. The first-order chi connectivity index (χ1) is 10.6. The molecule has 2 N–H and O–H groups in total. The van der Waals surface area contributed by atoms with Gasteiger partial charge in [-0.05, 0) is 24.6 Å². The lowest BCUT2D eigenvalue weighted by atomic mass is 10.2. The SMILES string of the molecule is Cc1ccccc1S(=O)(=O)N/N=C/c1c[nH]c2ccccc12. The van der Waals surface area contributed by atoms with E-state index in [9.17, 15) is 8.42 Å². The highest BCUT2D eigenvalue weighted by Crippen LogP contribution is 2.16. The summed E-state index contributed by atoms with van der Waals surface area (Å²) in [6.45, 7) is 1.75. The van der Waals surface area contributed by atoms with E-state index in [2.05, 4.69) is 14.9 Å². The molecule has 6 heteroatoms. The van der Waals surface area contributed by atoms with Crippen molar-refractivity contribution in [2.24, 2.45) is 5.10 Å². The molecule has 0 saturated carbocycles. The molecule has 2 aromatic carbocycles. The largest absolute Gasteiger partial charge is 0.361 e. The Balaban J connectivity index is 1.84. The highest BCUT2D eigenvalue weighted by atomic mass is 32.2. The van der Waals surface area contributed by atoms with Crippen LogP contribution in [0.2, 0.25) is 0 Å². The lowest BCUT2D eigenvalue weighted by Gasteiger charge is -2.05. The molecular weight excluding hydrogens is 298 g/mol. The van der Waals surface area contributed by atoms with Crippen molar-refractivity contribution >= 4 is 27.1 Å². The Morgan fingerprint density at radius 1 is 1.09 bits per heavy atom. The van der Waals surface area contributed by atoms with E-state index in [4.69, 9.17) is 0 Å².